The van der Waals surface area contributed by atoms with Gasteiger partial charge in [0.15, 0.2) is 5.82 Å². The lowest BCUT2D eigenvalue weighted by Gasteiger charge is -2.16. The van der Waals surface area contributed by atoms with E-state index < -0.39 is 0 Å². The first-order valence-corrected chi connectivity index (χ1v) is 6.51. The summed E-state index contributed by atoms with van der Waals surface area (Å²) < 4.78 is 11.1. The van der Waals surface area contributed by atoms with E-state index >= 15 is 0 Å². The molecule has 98 valence electrons. The Labute approximate surface area is 110 Å². The lowest BCUT2D eigenvalue weighted by atomic mass is 9.91. The van der Waals surface area contributed by atoms with Crippen molar-refractivity contribution in [1.82, 2.24) is 24.4 Å². The molecule has 0 aliphatic heterocycles. The van der Waals surface area contributed by atoms with Gasteiger partial charge in [-0.2, -0.15) is 0 Å². The standard InChI is InChI=1S/C11H17N5OS/c1-11(2,3)9-8(18-15-13-9)10-14-12-7-16(10)5-6-17-4/h7H,5-6H2,1-4H3. The number of methoxy groups -OCH3 is 1. The maximum atomic E-state index is 5.08. The molecule has 0 spiro atoms. The Morgan fingerprint density at radius 3 is 2.78 bits per heavy atom. The van der Waals surface area contributed by atoms with Gasteiger partial charge in [0.2, 0.25) is 0 Å². The van der Waals surface area contributed by atoms with Crippen LogP contribution in [0.3, 0.4) is 0 Å². The predicted molar refractivity (Wildman–Crippen MR) is 69.5 cm³/mol. The van der Waals surface area contributed by atoms with Crippen LogP contribution < -0.4 is 0 Å². The van der Waals surface area contributed by atoms with Crippen molar-refractivity contribution >= 4 is 11.5 Å². The van der Waals surface area contributed by atoms with Gasteiger partial charge >= 0.3 is 0 Å². The van der Waals surface area contributed by atoms with Crippen LogP contribution in [0.25, 0.3) is 10.7 Å². The highest BCUT2D eigenvalue weighted by Crippen LogP contribution is 2.32. The third kappa shape index (κ3) is 2.56. The van der Waals surface area contributed by atoms with Crippen molar-refractivity contribution < 1.29 is 4.74 Å². The smallest absolute Gasteiger partial charge is 0.177 e. The lowest BCUT2D eigenvalue weighted by Crippen LogP contribution is -2.14. The van der Waals surface area contributed by atoms with E-state index in [-0.39, 0.29) is 5.41 Å². The van der Waals surface area contributed by atoms with Crippen LogP contribution in [-0.4, -0.2) is 38.1 Å². The van der Waals surface area contributed by atoms with E-state index in [1.807, 2.05) is 4.57 Å². The zero-order valence-corrected chi connectivity index (χ0v) is 11.9. The molecule has 0 radical (unpaired) electrons. The van der Waals surface area contributed by atoms with Crippen molar-refractivity contribution in [3.63, 3.8) is 0 Å². The normalized spacial score (nSPS) is 12.0. The molecule has 0 saturated carbocycles. The molecule has 2 rings (SSSR count). The van der Waals surface area contributed by atoms with Crippen LogP contribution in [0, 0.1) is 0 Å². The van der Waals surface area contributed by atoms with Gasteiger partial charge in [-0.25, -0.2) is 0 Å². The average Bonchev–Trinajstić information content (AvgIpc) is 2.93. The summed E-state index contributed by atoms with van der Waals surface area (Å²) in [6.07, 6.45) is 1.71. The van der Waals surface area contributed by atoms with E-state index in [9.17, 15) is 0 Å². The Morgan fingerprint density at radius 2 is 2.11 bits per heavy atom. The van der Waals surface area contributed by atoms with Gasteiger partial charge in [-0.1, -0.05) is 25.3 Å². The molecular weight excluding hydrogens is 250 g/mol. The minimum Gasteiger partial charge on any atom is -0.383 e. The van der Waals surface area contributed by atoms with Gasteiger partial charge < -0.3 is 9.30 Å². The van der Waals surface area contributed by atoms with Crippen molar-refractivity contribution in [3.8, 4) is 10.7 Å². The van der Waals surface area contributed by atoms with Crippen LogP contribution >= 0.6 is 11.5 Å². The van der Waals surface area contributed by atoms with Gasteiger partial charge in [-0.15, -0.1) is 15.3 Å². The molecule has 0 aliphatic rings. The van der Waals surface area contributed by atoms with Gasteiger partial charge in [0, 0.05) is 19.1 Å². The van der Waals surface area contributed by atoms with Crippen molar-refractivity contribution in [2.24, 2.45) is 0 Å². The summed E-state index contributed by atoms with van der Waals surface area (Å²) in [4.78, 5) is 0.983. The van der Waals surface area contributed by atoms with Crippen molar-refractivity contribution in [2.75, 3.05) is 13.7 Å². The summed E-state index contributed by atoms with van der Waals surface area (Å²) in [6.45, 7) is 7.69. The molecule has 2 aromatic rings. The molecule has 6 nitrogen and oxygen atoms in total. The molecule has 18 heavy (non-hydrogen) atoms. The third-order valence-electron chi connectivity index (χ3n) is 2.55. The summed E-state index contributed by atoms with van der Waals surface area (Å²) in [7, 11) is 1.68. The number of hydrogen-bond acceptors (Lipinski definition) is 6. The molecule has 0 saturated heterocycles. The molecule has 7 heteroatoms. The van der Waals surface area contributed by atoms with Crippen LogP contribution in [0.1, 0.15) is 26.5 Å². The molecule has 2 heterocycles. The Hall–Kier alpha value is -1.34. The highest BCUT2D eigenvalue weighted by molar-refractivity contribution is 7.09. The SMILES string of the molecule is COCCn1cnnc1-c1snnc1C(C)(C)C. The van der Waals surface area contributed by atoms with E-state index in [1.165, 1.54) is 11.5 Å². The predicted octanol–water partition coefficient (Wildman–Crippen LogP) is 1.74. The highest BCUT2D eigenvalue weighted by atomic mass is 32.1. The third-order valence-corrected chi connectivity index (χ3v) is 3.28. The second-order valence-corrected chi connectivity index (χ2v) is 5.80. The molecular formula is C11H17N5OS. The van der Waals surface area contributed by atoms with E-state index in [0.717, 1.165) is 22.9 Å². The van der Waals surface area contributed by atoms with E-state index in [1.54, 1.807) is 13.4 Å². The first kappa shape index (κ1) is 13.1. The number of aromatic nitrogens is 5. The van der Waals surface area contributed by atoms with E-state index in [0.29, 0.717) is 6.61 Å². The van der Waals surface area contributed by atoms with Gasteiger partial charge in [0.1, 0.15) is 11.2 Å². The zero-order valence-electron chi connectivity index (χ0n) is 11.0. The van der Waals surface area contributed by atoms with Gasteiger partial charge in [-0.3, -0.25) is 0 Å². The van der Waals surface area contributed by atoms with Crippen LogP contribution in [0.4, 0.5) is 0 Å². The fourth-order valence-electron chi connectivity index (χ4n) is 1.61. The average molecular weight is 267 g/mol. The second kappa shape index (κ2) is 5.11. The van der Waals surface area contributed by atoms with Crippen LogP contribution in [0.15, 0.2) is 6.33 Å². The maximum absolute atomic E-state index is 5.08. The minimum atomic E-state index is -0.0552. The van der Waals surface area contributed by atoms with E-state index in [4.69, 9.17) is 4.74 Å². The van der Waals surface area contributed by atoms with Crippen LogP contribution in [0.2, 0.25) is 0 Å². The fourth-order valence-corrected chi connectivity index (χ4v) is 2.49. The minimum absolute atomic E-state index is 0.0552. The summed E-state index contributed by atoms with van der Waals surface area (Å²) >= 11 is 1.36. The van der Waals surface area contributed by atoms with Crippen LogP contribution in [0.5, 0.6) is 0 Å². The Morgan fingerprint density at radius 1 is 1.33 bits per heavy atom. The van der Waals surface area contributed by atoms with Gasteiger partial charge in [0.25, 0.3) is 0 Å². The first-order chi connectivity index (χ1) is 8.54. The largest absolute Gasteiger partial charge is 0.383 e. The quantitative estimate of drug-likeness (QED) is 0.844. The highest BCUT2D eigenvalue weighted by Gasteiger charge is 2.25. The molecule has 0 amide bonds. The summed E-state index contributed by atoms with van der Waals surface area (Å²) in [5.41, 5.74) is 0.902. The number of hydrogen-bond donors (Lipinski definition) is 0. The van der Waals surface area contributed by atoms with Crippen molar-refractivity contribution in [2.45, 2.75) is 32.7 Å². The summed E-state index contributed by atoms with van der Waals surface area (Å²) in [5, 5.41) is 12.4. The monoisotopic (exact) mass is 267 g/mol. The molecule has 0 bridgehead atoms. The van der Waals surface area contributed by atoms with Crippen LogP contribution in [-0.2, 0) is 16.7 Å². The molecule has 2 aromatic heterocycles. The molecule has 0 aromatic carbocycles. The summed E-state index contributed by atoms with van der Waals surface area (Å²) in [6, 6.07) is 0. The molecule has 0 atom stereocenters. The number of nitrogens with zero attached hydrogens (tertiary/aromatic N) is 5. The topological polar surface area (TPSA) is 65.7 Å². The number of rotatable bonds is 4. The van der Waals surface area contributed by atoms with Crippen molar-refractivity contribution in [1.29, 1.82) is 0 Å². The fraction of sp³-hybridized carbons (Fsp3) is 0.636. The Kier molecular flexibility index (Phi) is 3.72. The lowest BCUT2D eigenvalue weighted by molar-refractivity contribution is 0.187. The first-order valence-electron chi connectivity index (χ1n) is 5.74. The molecule has 0 N–H and O–H groups in total. The maximum Gasteiger partial charge on any atom is 0.177 e. The van der Waals surface area contributed by atoms with Gasteiger partial charge in [-0.05, 0) is 11.5 Å². The molecule has 0 aliphatic carbocycles. The Balaban J connectivity index is 2.38. The zero-order chi connectivity index (χ0) is 13.2. The summed E-state index contributed by atoms with van der Waals surface area (Å²) in [5.74, 6) is 0.812. The second-order valence-electron chi connectivity index (χ2n) is 5.04. The van der Waals surface area contributed by atoms with Crippen molar-refractivity contribution in [3.05, 3.63) is 12.0 Å². The molecule has 0 fully saturated rings. The molecule has 0 unspecified atom stereocenters. The Bertz CT molecular complexity index is 513. The van der Waals surface area contributed by atoms with Gasteiger partial charge in [0.05, 0.1) is 12.3 Å². The number of ether oxygens (including phenoxy) is 1. The van der Waals surface area contributed by atoms with E-state index in [2.05, 4.69) is 40.6 Å².